The zero-order valence-electron chi connectivity index (χ0n) is 12.8. The maximum Gasteiger partial charge on any atom is 0.269 e. The maximum atomic E-state index is 12.1. The molecule has 6 heteroatoms. The Morgan fingerprint density at radius 3 is 2.26 bits per heavy atom. The molecule has 0 spiro atoms. The summed E-state index contributed by atoms with van der Waals surface area (Å²) in [7, 11) is 1.57. The first-order valence-electron chi connectivity index (χ1n) is 6.88. The van der Waals surface area contributed by atoms with Crippen LogP contribution in [0, 0.1) is 10.1 Å². The third-order valence-electron chi connectivity index (χ3n) is 3.19. The predicted octanol–water partition coefficient (Wildman–Crippen LogP) is 3.65. The molecular formula is C17H16N2O4. The van der Waals surface area contributed by atoms with E-state index in [2.05, 4.69) is 5.32 Å². The van der Waals surface area contributed by atoms with Crippen LogP contribution in [0.4, 0.5) is 11.4 Å². The molecule has 0 saturated carbocycles. The highest BCUT2D eigenvalue weighted by Crippen LogP contribution is 2.17. The highest BCUT2D eigenvalue weighted by molar-refractivity contribution is 6.06. The van der Waals surface area contributed by atoms with Gasteiger partial charge in [-0.15, -0.1) is 0 Å². The Labute approximate surface area is 133 Å². The average molecular weight is 312 g/mol. The van der Waals surface area contributed by atoms with Gasteiger partial charge in [0.25, 0.3) is 11.6 Å². The van der Waals surface area contributed by atoms with Gasteiger partial charge in [0.1, 0.15) is 5.75 Å². The van der Waals surface area contributed by atoms with Gasteiger partial charge in [0.05, 0.1) is 12.0 Å². The van der Waals surface area contributed by atoms with Crippen molar-refractivity contribution >= 4 is 23.4 Å². The van der Waals surface area contributed by atoms with Crippen LogP contribution in [0.5, 0.6) is 5.75 Å². The van der Waals surface area contributed by atoms with Gasteiger partial charge in [-0.25, -0.2) is 0 Å². The van der Waals surface area contributed by atoms with E-state index in [-0.39, 0.29) is 11.6 Å². The smallest absolute Gasteiger partial charge is 0.269 e. The Balaban J connectivity index is 2.06. The second kappa shape index (κ2) is 7.22. The Bertz CT molecular complexity index is 734. The predicted molar refractivity (Wildman–Crippen MR) is 88.4 cm³/mol. The van der Waals surface area contributed by atoms with Crippen LogP contribution in [0.1, 0.15) is 12.5 Å². The van der Waals surface area contributed by atoms with Crippen molar-refractivity contribution in [1.29, 1.82) is 0 Å². The van der Waals surface area contributed by atoms with Crippen molar-refractivity contribution in [2.75, 3.05) is 12.4 Å². The summed E-state index contributed by atoms with van der Waals surface area (Å²) in [4.78, 5) is 22.3. The molecule has 0 bridgehead atoms. The number of nitrogens with zero attached hydrogens (tertiary/aromatic N) is 1. The van der Waals surface area contributed by atoms with Crippen molar-refractivity contribution in [3.63, 3.8) is 0 Å². The molecule has 0 aliphatic heterocycles. The summed E-state index contributed by atoms with van der Waals surface area (Å²) in [5, 5.41) is 13.4. The molecule has 0 radical (unpaired) electrons. The van der Waals surface area contributed by atoms with Gasteiger partial charge < -0.3 is 10.1 Å². The Morgan fingerprint density at radius 2 is 1.74 bits per heavy atom. The minimum absolute atomic E-state index is 0.0162. The molecular weight excluding hydrogens is 296 g/mol. The molecule has 118 valence electrons. The Hall–Kier alpha value is -3.15. The first-order valence-corrected chi connectivity index (χ1v) is 6.88. The molecule has 6 nitrogen and oxygen atoms in total. The Morgan fingerprint density at radius 1 is 1.13 bits per heavy atom. The monoisotopic (exact) mass is 312 g/mol. The molecule has 0 aliphatic carbocycles. The van der Waals surface area contributed by atoms with Crippen molar-refractivity contribution in [1.82, 2.24) is 0 Å². The van der Waals surface area contributed by atoms with E-state index >= 15 is 0 Å². The lowest BCUT2D eigenvalue weighted by molar-refractivity contribution is -0.384. The third-order valence-corrected chi connectivity index (χ3v) is 3.19. The topological polar surface area (TPSA) is 81.5 Å². The molecule has 0 heterocycles. The lowest BCUT2D eigenvalue weighted by Crippen LogP contribution is -2.12. The van der Waals surface area contributed by atoms with Crippen LogP contribution in [0.25, 0.3) is 6.08 Å². The minimum Gasteiger partial charge on any atom is -0.497 e. The molecule has 2 aromatic rings. The molecule has 0 unspecified atom stereocenters. The first-order chi connectivity index (χ1) is 11.0. The van der Waals surface area contributed by atoms with E-state index in [1.807, 2.05) is 0 Å². The lowest BCUT2D eigenvalue weighted by Gasteiger charge is -2.06. The van der Waals surface area contributed by atoms with Crippen molar-refractivity contribution in [3.8, 4) is 5.75 Å². The van der Waals surface area contributed by atoms with Crippen LogP contribution in [0.3, 0.4) is 0 Å². The number of amides is 1. The molecule has 1 N–H and O–H groups in total. The van der Waals surface area contributed by atoms with Crippen molar-refractivity contribution in [2.24, 2.45) is 0 Å². The fourth-order valence-electron chi connectivity index (χ4n) is 1.91. The highest BCUT2D eigenvalue weighted by Gasteiger charge is 2.07. The standard InChI is InChI=1S/C17H16N2O4/c1-12(11-13-3-7-15(8-4-13)19(21)22)17(20)18-14-5-9-16(23-2)10-6-14/h3-11H,1-2H3,(H,18,20). The van der Waals surface area contributed by atoms with Gasteiger partial charge in [-0.3, -0.25) is 14.9 Å². The Kier molecular flexibility index (Phi) is 5.09. The summed E-state index contributed by atoms with van der Waals surface area (Å²) in [6.45, 7) is 1.68. The van der Waals surface area contributed by atoms with Gasteiger partial charge in [0.15, 0.2) is 0 Å². The molecule has 2 rings (SSSR count). The normalized spacial score (nSPS) is 11.0. The SMILES string of the molecule is COc1ccc(NC(=O)C(C)=Cc2ccc([N+](=O)[O-])cc2)cc1. The number of benzene rings is 2. The van der Waals surface area contributed by atoms with Crippen LogP contribution in [-0.4, -0.2) is 17.9 Å². The fourth-order valence-corrected chi connectivity index (χ4v) is 1.91. The third kappa shape index (κ3) is 4.41. The minimum atomic E-state index is -0.462. The van der Waals surface area contributed by atoms with Gasteiger partial charge >= 0.3 is 0 Å². The number of nitro groups is 1. The van der Waals surface area contributed by atoms with Crippen LogP contribution in [-0.2, 0) is 4.79 Å². The molecule has 2 aromatic carbocycles. The molecule has 0 fully saturated rings. The van der Waals surface area contributed by atoms with Gasteiger partial charge in [0, 0.05) is 23.4 Å². The molecule has 0 aliphatic rings. The van der Waals surface area contributed by atoms with Crippen LogP contribution in [0.15, 0.2) is 54.1 Å². The van der Waals surface area contributed by atoms with E-state index in [0.717, 1.165) is 5.56 Å². The zero-order chi connectivity index (χ0) is 16.8. The van der Waals surface area contributed by atoms with Crippen LogP contribution < -0.4 is 10.1 Å². The van der Waals surface area contributed by atoms with Crippen LogP contribution >= 0.6 is 0 Å². The number of ether oxygens (including phenoxy) is 1. The summed E-state index contributed by atoms with van der Waals surface area (Å²) in [6.07, 6.45) is 1.67. The number of non-ortho nitro benzene ring substituents is 1. The van der Waals surface area contributed by atoms with E-state index in [1.165, 1.54) is 12.1 Å². The van der Waals surface area contributed by atoms with E-state index < -0.39 is 4.92 Å². The summed E-state index contributed by atoms with van der Waals surface area (Å²) < 4.78 is 5.06. The molecule has 1 amide bonds. The lowest BCUT2D eigenvalue weighted by atomic mass is 10.1. The second-order valence-corrected chi connectivity index (χ2v) is 4.86. The number of nitro benzene ring substituents is 1. The molecule has 0 atom stereocenters. The number of rotatable bonds is 5. The second-order valence-electron chi connectivity index (χ2n) is 4.86. The molecule has 0 aromatic heterocycles. The number of methoxy groups -OCH3 is 1. The average Bonchev–Trinajstić information content (AvgIpc) is 2.56. The van der Waals surface area contributed by atoms with E-state index in [4.69, 9.17) is 4.74 Å². The maximum absolute atomic E-state index is 12.1. The van der Waals surface area contributed by atoms with Gasteiger partial charge in [0.2, 0.25) is 0 Å². The van der Waals surface area contributed by atoms with Crippen molar-refractivity contribution < 1.29 is 14.5 Å². The fraction of sp³-hybridized carbons (Fsp3) is 0.118. The van der Waals surface area contributed by atoms with Gasteiger partial charge in [-0.2, -0.15) is 0 Å². The summed E-state index contributed by atoms with van der Waals surface area (Å²) >= 11 is 0. The van der Waals surface area contributed by atoms with Gasteiger partial charge in [-0.05, 0) is 55.0 Å². The van der Waals surface area contributed by atoms with Crippen molar-refractivity contribution in [3.05, 3.63) is 69.8 Å². The summed E-state index contributed by atoms with van der Waals surface area (Å²) in [6, 6.07) is 13.0. The largest absolute Gasteiger partial charge is 0.497 e. The molecule has 23 heavy (non-hydrogen) atoms. The number of hydrogen-bond acceptors (Lipinski definition) is 4. The van der Waals surface area contributed by atoms with Gasteiger partial charge in [-0.1, -0.05) is 0 Å². The van der Waals surface area contributed by atoms with Crippen LogP contribution in [0.2, 0.25) is 0 Å². The zero-order valence-corrected chi connectivity index (χ0v) is 12.8. The van der Waals surface area contributed by atoms with E-state index in [1.54, 1.807) is 56.5 Å². The number of carbonyl (C=O) groups excluding carboxylic acids is 1. The van der Waals surface area contributed by atoms with E-state index in [9.17, 15) is 14.9 Å². The van der Waals surface area contributed by atoms with Crippen molar-refractivity contribution in [2.45, 2.75) is 6.92 Å². The number of anilines is 1. The highest BCUT2D eigenvalue weighted by atomic mass is 16.6. The van der Waals surface area contributed by atoms with E-state index in [0.29, 0.717) is 17.0 Å². The number of carbonyl (C=O) groups is 1. The summed E-state index contributed by atoms with van der Waals surface area (Å²) in [5.41, 5.74) is 1.89. The number of nitrogens with one attached hydrogen (secondary N) is 1. The first kappa shape index (κ1) is 16.2. The number of hydrogen-bond donors (Lipinski definition) is 1. The molecule has 0 saturated heterocycles. The summed E-state index contributed by atoms with van der Waals surface area (Å²) in [5.74, 6) is 0.467. The quantitative estimate of drug-likeness (QED) is 0.519.